The molecular formula is C21H36O4. The Bertz CT molecular complexity index is 469. The third-order valence-electron chi connectivity index (χ3n) is 5.13. The van der Waals surface area contributed by atoms with Gasteiger partial charge < -0.3 is 5.11 Å². The van der Waals surface area contributed by atoms with E-state index in [4.69, 9.17) is 14.9 Å². The van der Waals surface area contributed by atoms with Crippen molar-refractivity contribution < 1.29 is 19.7 Å². The van der Waals surface area contributed by atoms with Gasteiger partial charge in [0.05, 0.1) is 6.42 Å². The van der Waals surface area contributed by atoms with Crippen LogP contribution in [-0.4, -0.2) is 22.8 Å². The minimum absolute atomic E-state index is 0.0469. The molecule has 144 valence electrons. The van der Waals surface area contributed by atoms with Crippen molar-refractivity contribution >= 4 is 5.97 Å². The molecular weight excluding hydrogens is 316 g/mol. The second kappa shape index (κ2) is 10.8. The first-order valence-corrected chi connectivity index (χ1v) is 9.84. The Balaban J connectivity index is 2.82. The summed E-state index contributed by atoms with van der Waals surface area (Å²) in [5.41, 5.74) is 0.604. The zero-order valence-corrected chi connectivity index (χ0v) is 16.6. The molecule has 0 aromatic carbocycles. The zero-order chi connectivity index (χ0) is 18.9. The number of aliphatic carboxylic acids is 1. The molecule has 4 heteroatoms. The maximum Gasteiger partial charge on any atom is 0.306 e. The number of hydrogen-bond acceptors (Lipinski definition) is 3. The van der Waals surface area contributed by atoms with Crippen LogP contribution < -0.4 is 0 Å². The molecule has 0 saturated heterocycles. The summed E-state index contributed by atoms with van der Waals surface area (Å²) in [6, 6.07) is 0. The van der Waals surface area contributed by atoms with Crippen LogP contribution in [0.3, 0.4) is 0 Å². The van der Waals surface area contributed by atoms with Crippen molar-refractivity contribution in [2.24, 2.45) is 11.8 Å². The average Bonchev–Trinajstić information content (AvgIpc) is 2.59. The average molecular weight is 353 g/mol. The van der Waals surface area contributed by atoms with Gasteiger partial charge in [0, 0.05) is 0 Å². The molecule has 1 aliphatic rings. The molecule has 1 heterocycles. The Hall–Kier alpha value is -1.13. The van der Waals surface area contributed by atoms with E-state index in [0.29, 0.717) is 11.8 Å². The Morgan fingerprint density at radius 2 is 2.08 bits per heavy atom. The van der Waals surface area contributed by atoms with E-state index < -0.39 is 17.7 Å². The molecule has 0 spiro atoms. The Morgan fingerprint density at radius 3 is 2.60 bits per heavy atom. The van der Waals surface area contributed by atoms with Crippen molar-refractivity contribution in [3.63, 3.8) is 0 Å². The van der Waals surface area contributed by atoms with Crippen LogP contribution in [-0.2, 0) is 14.6 Å². The van der Waals surface area contributed by atoms with Gasteiger partial charge >= 0.3 is 5.97 Å². The van der Waals surface area contributed by atoms with Crippen LogP contribution in [0.25, 0.3) is 0 Å². The summed E-state index contributed by atoms with van der Waals surface area (Å²) >= 11 is 0. The molecule has 4 nitrogen and oxygen atoms in total. The minimum atomic E-state index is -0.862. The van der Waals surface area contributed by atoms with E-state index in [-0.39, 0.29) is 6.42 Å². The van der Waals surface area contributed by atoms with E-state index in [2.05, 4.69) is 45.9 Å². The Kier molecular flexibility index (Phi) is 9.44. The molecule has 0 aromatic heterocycles. The lowest BCUT2D eigenvalue weighted by molar-refractivity contribution is -0.378. The summed E-state index contributed by atoms with van der Waals surface area (Å²) in [4.78, 5) is 22.3. The van der Waals surface area contributed by atoms with Crippen molar-refractivity contribution in [2.75, 3.05) is 0 Å². The highest BCUT2D eigenvalue weighted by Gasteiger charge is 2.37. The fourth-order valence-corrected chi connectivity index (χ4v) is 3.62. The van der Waals surface area contributed by atoms with Gasteiger partial charge in [-0.25, -0.2) is 9.78 Å². The first kappa shape index (κ1) is 21.9. The predicted octanol–water partition coefficient (Wildman–Crippen LogP) is 5.69. The minimum Gasteiger partial charge on any atom is -0.481 e. The van der Waals surface area contributed by atoms with Gasteiger partial charge in [-0.2, -0.15) is 0 Å². The van der Waals surface area contributed by atoms with Crippen LogP contribution >= 0.6 is 0 Å². The lowest BCUT2D eigenvalue weighted by Gasteiger charge is -2.38. The topological polar surface area (TPSA) is 55.8 Å². The number of hydrogen-bond donors (Lipinski definition) is 1. The molecule has 0 unspecified atom stereocenters. The summed E-state index contributed by atoms with van der Waals surface area (Å²) in [5.74, 6) is 0.238. The maximum atomic E-state index is 11.0. The molecule has 25 heavy (non-hydrogen) atoms. The molecule has 0 aromatic rings. The molecule has 1 N–H and O–H groups in total. The summed E-state index contributed by atoms with van der Waals surface area (Å²) in [5, 5.41) is 9.04. The molecule has 1 aliphatic heterocycles. The van der Waals surface area contributed by atoms with E-state index >= 15 is 0 Å². The van der Waals surface area contributed by atoms with Crippen LogP contribution in [0, 0.1) is 11.8 Å². The zero-order valence-electron chi connectivity index (χ0n) is 16.6. The number of carboxylic acids is 1. The van der Waals surface area contributed by atoms with E-state index in [9.17, 15) is 4.79 Å². The Labute approximate surface area is 153 Å². The summed E-state index contributed by atoms with van der Waals surface area (Å²) in [6.07, 6.45) is 12.1. The molecule has 0 saturated carbocycles. The SMILES string of the molecule is CC/C=C/[C@H](CC)C[C@@H](C)C[C@@]1(CC)C=C(CC)[C@@H](CC(=O)O)OO1. The number of allylic oxidation sites excluding steroid dienone is 2. The molecule has 0 fully saturated rings. The standard InChI is InChI=1S/C21H36O4/c1-6-10-11-17(7-2)12-16(5)14-21(9-4)15-18(8-3)19(24-25-21)13-20(22)23/h10-11,15-17,19H,6-9,12-14H2,1-5H3,(H,22,23)/b11-10+/t16-,17+,19-,21+/m1/s1. The van der Waals surface area contributed by atoms with Crippen molar-refractivity contribution in [3.05, 3.63) is 23.8 Å². The molecule has 4 atom stereocenters. The van der Waals surface area contributed by atoms with E-state index in [1.807, 2.05) is 6.92 Å². The van der Waals surface area contributed by atoms with E-state index in [1.165, 1.54) is 0 Å². The molecule has 0 aliphatic carbocycles. The van der Waals surface area contributed by atoms with Gasteiger partial charge in [0.1, 0.15) is 11.7 Å². The van der Waals surface area contributed by atoms with Gasteiger partial charge in [-0.3, -0.25) is 4.79 Å². The van der Waals surface area contributed by atoms with Gasteiger partial charge in [0.15, 0.2) is 0 Å². The van der Waals surface area contributed by atoms with Crippen molar-refractivity contribution in [3.8, 4) is 0 Å². The van der Waals surface area contributed by atoms with Gasteiger partial charge in [0.2, 0.25) is 0 Å². The summed E-state index contributed by atoms with van der Waals surface area (Å²) in [7, 11) is 0. The van der Waals surface area contributed by atoms with Crippen molar-refractivity contribution in [1.29, 1.82) is 0 Å². The molecule has 0 bridgehead atoms. The van der Waals surface area contributed by atoms with E-state index in [1.54, 1.807) is 0 Å². The Morgan fingerprint density at radius 1 is 1.36 bits per heavy atom. The predicted molar refractivity (Wildman–Crippen MR) is 101 cm³/mol. The third-order valence-corrected chi connectivity index (χ3v) is 5.13. The maximum absolute atomic E-state index is 11.0. The van der Waals surface area contributed by atoms with Crippen LogP contribution in [0.5, 0.6) is 0 Å². The lowest BCUT2D eigenvalue weighted by Crippen LogP contribution is -2.40. The first-order valence-electron chi connectivity index (χ1n) is 9.84. The van der Waals surface area contributed by atoms with Gasteiger partial charge in [0.25, 0.3) is 0 Å². The summed E-state index contributed by atoms with van der Waals surface area (Å²) in [6.45, 7) is 10.8. The monoisotopic (exact) mass is 352 g/mol. The highest BCUT2D eigenvalue weighted by molar-refractivity contribution is 5.68. The smallest absolute Gasteiger partial charge is 0.306 e. The second-order valence-electron chi connectivity index (χ2n) is 7.31. The van der Waals surface area contributed by atoms with E-state index in [0.717, 1.165) is 44.1 Å². The van der Waals surface area contributed by atoms with Gasteiger partial charge in [-0.05, 0) is 62.0 Å². The fourth-order valence-electron chi connectivity index (χ4n) is 3.62. The number of carbonyl (C=O) groups is 1. The molecule has 1 rings (SSSR count). The van der Waals surface area contributed by atoms with Crippen molar-refractivity contribution in [1.82, 2.24) is 0 Å². The normalized spacial score (nSPS) is 26.4. The van der Waals surface area contributed by atoms with Gasteiger partial charge in [-0.1, -0.05) is 46.8 Å². The highest BCUT2D eigenvalue weighted by atomic mass is 17.2. The quantitative estimate of drug-likeness (QED) is 0.383. The fraction of sp³-hybridized carbons (Fsp3) is 0.762. The van der Waals surface area contributed by atoms with Crippen LogP contribution in [0.2, 0.25) is 0 Å². The number of carboxylic acid groups (broad SMARTS) is 1. The van der Waals surface area contributed by atoms with Crippen LogP contribution in [0.4, 0.5) is 0 Å². The number of rotatable bonds is 11. The van der Waals surface area contributed by atoms with Crippen molar-refractivity contribution in [2.45, 2.75) is 91.3 Å². The largest absolute Gasteiger partial charge is 0.481 e. The van der Waals surface area contributed by atoms with Crippen LogP contribution in [0.1, 0.15) is 79.6 Å². The van der Waals surface area contributed by atoms with Gasteiger partial charge in [-0.15, -0.1) is 0 Å². The second-order valence-corrected chi connectivity index (χ2v) is 7.31. The molecule has 0 radical (unpaired) electrons. The highest BCUT2D eigenvalue weighted by Crippen LogP contribution is 2.37. The third kappa shape index (κ3) is 6.95. The summed E-state index contributed by atoms with van der Waals surface area (Å²) < 4.78 is 0. The lowest BCUT2D eigenvalue weighted by atomic mass is 9.81. The van der Waals surface area contributed by atoms with Crippen LogP contribution in [0.15, 0.2) is 23.8 Å². The molecule has 0 amide bonds. The first-order chi connectivity index (χ1) is 11.9.